The molecule has 0 aliphatic carbocycles. The first-order valence-corrected chi connectivity index (χ1v) is 4.89. The molecule has 74 valence electrons. The van der Waals surface area contributed by atoms with Crippen LogP contribution in [-0.2, 0) is 11.2 Å². The third kappa shape index (κ3) is 2.12. The molecule has 1 aliphatic rings. The summed E-state index contributed by atoms with van der Waals surface area (Å²) in [7, 11) is 0. The Hall–Kier alpha value is -1.35. The standard InChI is InChI=1S/C11H14N2O/c14-11(13-7-6-12-9-13)8-10-4-2-1-3-5-10/h1-5,12H,6-9H2. The lowest BCUT2D eigenvalue weighted by atomic mass is 10.1. The Morgan fingerprint density at radius 2 is 2.14 bits per heavy atom. The third-order valence-corrected chi connectivity index (χ3v) is 2.41. The van der Waals surface area contributed by atoms with E-state index in [1.54, 1.807) is 0 Å². The quantitative estimate of drug-likeness (QED) is 0.741. The summed E-state index contributed by atoms with van der Waals surface area (Å²) in [6.45, 7) is 2.46. The molecule has 1 heterocycles. The van der Waals surface area contributed by atoms with Gasteiger partial charge in [-0.05, 0) is 5.56 Å². The number of benzene rings is 1. The molecule has 1 saturated heterocycles. The monoisotopic (exact) mass is 190 g/mol. The third-order valence-electron chi connectivity index (χ3n) is 2.41. The van der Waals surface area contributed by atoms with Gasteiger partial charge in [0.15, 0.2) is 0 Å². The first kappa shape index (κ1) is 9.21. The lowest BCUT2D eigenvalue weighted by Gasteiger charge is -2.13. The summed E-state index contributed by atoms with van der Waals surface area (Å²) in [6.07, 6.45) is 0.516. The number of nitrogens with zero attached hydrogens (tertiary/aromatic N) is 1. The molecule has 3 nitrogen and oxygen atoms in total. The Morgan fingerprint density at radius 3 is 2.79 bits per heavy atom. The minimum absolute atomic E-state index is 0.209. The summed E-state index contributed by atoms with van der Waals surface area (Å²) in [6, 6.07) is 9.86. The van der Waals surface area contributed by atoms with Crippen LogP contribution in [0.3, 0.4) is 0 Å². The molecule has 1 fully saturated rings. The Labute approximate surface area is 83.7 Å². The van der Waals surface area contributed by atoms with Crippen molar-refractivity contribution >= 4 is 5.91 Å². The van der Waals surface area contributed by atoms with Crippen LogP contribution in [0.5, 0.6) is 0 Å². The SMILES string of the molecule is O=C(Cc1ccccc1)N1CCNC1. The van der Waals surface area contributed by atoms with Crippen LogP contribution >= 0.6 is 0 Å². The fraction of sp³-hybridized carbons (Fsp3) is 0.364. The molecule has 3 heteroatoms. The second kappa shape index (κ2) is 4.24. The zero-order chi connectivity index (χ0) is 9.80. The molecule has 0 spiro atoms. The molecular formula is C11H14N2O. The maximum absolute atomic E-state index is 11.7. The predicted octanol–water partition coefficient (Wildman–Crippen LogP) is 0.618. The van der Waals surface area contributed by atoms with Gasteiger partial charge in [0, 0.05) is 13.1 Å². The van der Waals surface area contributed by atoms with E-state index >= 15 is 0 Å². The van der Waals surface area contributed by atoms with Crippen molar-refractivity contribution in [2.45, 2.75) is 6.42 Å². The van der Waals surface area contributed by atoms with Gasteiger partial charge in [-0.25, -0.2) is 0 Å². The molecule has 1 amide bonds. The van der Waals surface area contributed by atoms with Gasteiger partial charge in [0.25, 0.3) is 0 Å². The number of carbonyl (C=O) groups excluding carboxylic acids is 1. The molecule has 1 N–H and O–H groups in total. The molecule has 1 aromatic rings. The van der Waals surface area contributed by atoms with Crippen LogP contribution in [0.1, 0.15) is 5.56 Å². The van der Waals surface area contributed by atoms with Crippen molar-refractivity contribution in [3.8, 4) is 0 Å². The number of hydrogen-bond acceptors (Lipinski definition) is 2. The maximum atomic E-state index is 11.7. The molecule has 2 rings (SSSR count). The van der Waals surface area contributed by atoms with Gasteiger partial charge in [0.2, 0.25) is 5.91 Å². The highest BCUT2D eigenvalue weighted by Crippen LogP contribution is 2.03. The summed E-state index contributed by atoms with van der Waals surface area (Å²) in [5, 5.41) is 3.14. The number of amides is 1. The first-order valence-electron chi connectivity index (χ1n) is 4.89. The van der Waals surface area contributed by atoms with Crippen LogP contribution < -0.4 is 5.32 Å². The molecule has 0 atom stereocenters. The summed E-state index contributed by atoms with van der Waals surface area (Å²) >= 11 is 0. The van der Waals surface area contributed by atoms with Crippen molar-refractivity contribution in [3.63, 3.8) is 0 Å². The lowest BCUT2D eigenvalue weighted by Crippen LogP contribution is -2.30. The van der Waals surface area contributed by atoms with Gasteiger partial charge in [0.1, 0.15) is 0 Å². The van der Waals surface area contributed by atoms with Crippen molar-refractivity contribution < 1.29 is 4.79 Å². The van der Waals surface area contributed by atoms with E-state index in [2.05, 4.69) is 5.32 Å². The topological polar surface area (TPSA) is 32.3 Å². The van der Waals surface area contributed by atoms with E-state index in [0.29, 0.717) is 13.1 Å². The van der Waals surface area contributed by atoms with Crippen LogP contribution in [0.15, 0.2) is 30.3 Å². The van der Waals surface area contributed by atoms with E-state index in [1.807, 2.05) is 35.2 Å². The predicted molar refractivity (Wildman–Crippen MR) is 54.7 cm³/mol. The van der Waals surface area contributed by atoms with Crippen molar-refractivity contribution in [2.75, 3.05) is 19.8 Å². The molecule has 0 unspecified atom stereocenters. The number of rotatable bonds is 2. The highest BCUT2D eigenvalue weighted by atomic mass is 16.2. The van der Waals surface area contributed by atoms with Gasteiger partial charge in [-0.1, -0.05) is 30.3 Å². The summed E-state index contributed by atoms with van der Waals surface area (Å²) < 4.78 is 0. The average molecular weight is 190 g/mol. The second-order valence-electron chi connectivity index (χ2n) is 3.48. The zero-order valence-electron chi connectivity index (χ0n) is 8.07. The van der Waals surface area contributed by atoms with E-state index in [9.17, 15) is 4.79 Å². The van der Waals surface area contributed by atoms with Crippen LogP contribution in [0.4, 0.5) is 0 Å². The van der Waals surface area contributed by atoms with Crippen molar-refractivity contribution in [1.82, 2.24) is 10.2 Å². The van der Waals surface area contributed by atoms with Crippen LogP contribution in [-0.4, -0.2) is 30.6 Å². The minimum atomic E-state index is 0.209. The fourth-order valence-electron chi connectivity index (χ4n) is 1.60. The van der Waals surface area contributed by atoms with Gasteiger partial charge in [-0.15, -0.1) is 0 Å². The van der Waals surface area contributed by atoms with E-state index in [-0.39, 0.29) is 5.91 Å². The van der Waals surface area contributed by atoms with Crippen molar-refractivity contribution in [3.05, 3.63) is 35.9 Å². The maximum Gasteiger partial charge on any atom is 0.228 e. The Balaban J connectivity index is 1.94. The highest BCUT2D eigenvalue weighted by Gasteiger charge is 2.16. The number of hydrogen-bond donors (Lipinski definition) is 1. The highest BCUT2D eigenvalue weighted by molar-refractivity contribution is 5.78. The molecule has 14 heavy (non-hydrogen) atoms. The van der Waals surface area contributed by atoms with Gasteiger partial charge in [-0.3, -0.25) is 10.1 Å². The largest absolute Gasteiger partial charge is 0.328 e. The summed E-state index contributed by atoms with van der Waals surface area (Å²) in [4.78, 5) is 13.6. The molecule has 0 radical (unpaired) electrons. The average Bonchev–Trinajstić information content (AvgIpc) is 2.72. The molecule has 0 saturated carbocycles. The molecule has 1 aliphatic heterocycles. The fourth-order valence-corrected chi connectivity index (χ4v) is 1.60. The Morgan fingerprint density at radius 1 is 1.36 bits per heavy atom. The Bertz CT molecular complexity index is 304. The second-order valence-corrected chi connectivity index (χ2v) is 3.48. The lowest BCUT2D eigenvalue weighted by molar-refractivity contribution is -0.129. The van der Waals surface area contributed by atoms with E-state index in [4.69, 9.17) is 0 Å². The van der Waals surface area contributed by atoms with E-state index in [0.717, 1.165) is 18.7 Å². The van der Waals surface area contributed by atoms with Gasteiger partial charge < -0.3 is 4.90 Å². The smallest absolute Gasteiger partial charge is 0.228 e. The van der Waals surface area contributed by atoms with Crippen molar-refractivity contribution in [2.24, 2.45) is 0 Å². The van der Waals surface area contributed by atoms with Crippen LogP contribution in [0.25, 0.3) is 0 Å². The van der Waals surface area contributed by atoms with Gasteiger partial charge in [0.05, 0.1) is 13.1 Å². The molecule has 0 aromatic heterocycles. The number of carbonyl (C=O) groups is 1. The van der Waals surface area contributed by atoms with Crippen LogP contribution in [0, 0.1) is 0 Å². The molecule has 1 aromatic carbocycles. The molecule has 0 bridgehead atoms. The van der Waals surface area contributed by atoms with Gasteiger partial charge >= 0.3 is 0 Å². The van der Waals surface area contributed by atoms with Crippen molar-refractivity contribution in [1.29, 1.82) is 0 Å². The normalized spacial score (nSPS) is 15.9. The minimum Gasteiger partial charge on any atom is -0.328 e. The molecular weight excluding hydrogens is 176 g/mol. The van der Waals surface area contributed by atoms with Gasteiger partial charge in [-0.2, -0.15) is 0 Å². The van der Waals surface area contributed by atoms with E-state index in [1.165, 1.54) is 0 Å². The zero-order valence-corrected chi connectivity index (χ0v) is 8.07. The number of nitrogens with one attached hydrogen (secondary N) is 1. The summed E-state index contributed by atoms with van der Waals surface area (Å²) in [5.41, 5.74) is 1.09. The van der Waals surface area contributed by atoms with E-state index < -0.39 is 0 Å². The summed E-state index contributed by atoms with van der Waals surface area (Å²) in [5.74, 6) is 0.209. The first-order chi connectivity index (χ1) is 6.86. The van der Waals surface area contributed by atoms with Crippen LogP contribution in [0.2, 0.25) is 0 Å². The Kier molecular flexibility index (Phi) is 2.79.